The van der Waals surface area contributed by atoms with Gasteiger partial charge in [-0.15, -0.1) is 0 Å². The van der Waals surface area contributed by atoms with Crippen LogP contribution in [-0.2, 0) is 4.57 Å². The molecule has 82 valence electrons. The van der Waals surface area contributed by atoms with Crippen molar-refractivity contribution in [2.24, 2.45) is 0 Å². The molecular formula is C12H9O3P-2. The van der Waals surface area contributed by atoms with E-state index in [0.717, 1.165) is 11.1 Å². The van der Waals surface area contributed by atoms with E-state index in [1.54, 1.807) is 12.1 Å². The zero-order valence-corrected chi connectivity index (χ0v) is 9.26. The summed E-state index contributed by atoms with van der Waals surface area (Å²) < 4.78 is 10.8. The number of hydrogen-bond acceptors (Lipinski definition) is 3. The van der Waals surface area contributed by atoms with Gasteiger partial charge in [0, 0.05) is 0 Å². The zero-order chi connectivity index (χ0) is 11.6. The van der Waals surface area contributed by atoms with Crippen LogP contribution in [0.15, 0.2) is 54.6 Å². The molecule has 0 heterocycles. The summed E-state index contributed by atoms with van der Waals surface area (Å²) in [6, 6.07) is 15.5. The topological polar surface area (TPSA) is 63.2 Å². The molecule has 16 heavy (non-hydrogen) atoms. The lowest BCUT2D eigenvalue weighted by atomic mass is 10.1. The third-order valence-electron chi connectivity index (χ3n) is 2.29. The summed E-state index contributed by atoms with van der Waals surface area (Å²) >= 11 is 0. The average molecular weight is 232 g/mol. The first-order chi connectivity index (χ1) is 7.57. The molecular weight excluding hydrogens is 223 g/mol. The van der Waals surface area contributed by atoms with Crippen LogP contribution in [0.1, 0.15) is 0 Å². The highest BCUT2D eigenvalue weighted by Crippen LogP contribution is 2.24. The van der Waals surface area contributed by atoms with E-state index in [9.17, 15) is 14.4 Å². The van der Waals surface area contributed by atoms with Gasteiger partial charge in [-0.25, -0.2) is 0 Å². The highest BCUT2D eigenvalue weighted by molar-refractivity contribution is 7.57. The molecule has 2 aromatic carbocycles. The Morgan fingerprint density at radius 3 is 1.75 bits per heavy atom. The molecule has 0 radical (unpaired) electrons. The van der Waals surface area contributed by atoms with E-state index < -0.39 is 7.60 Å². The minimum absolute atomic E-state index is 0.174. The maximum absolute atomic E-state index is 10.8. The first-order valence-electron chi connectivity index (χ1n) is 4.75. The van der Waals surface area contributed by atoms with Crippen molar-refractivity contribution in [3.8, 4) is 11.1 Å². The number of rotatable bonds is 2. The molecule has 4 heteroatoms. The molecule has 2 rings (SSSR count). The van der Waals surface area contributed by atoms with Crippen molar-refractivity contribution in [3.05, 3.63) is 54.6 Å². The van der Waals surface area contributed by atoms with Gasteiger partial charge in [0.15, 0.2) is 0 Å². The van der Waals surface area contributed by atoms with Crippen molar-refractivity contribution < 1.29 is 14.4 Å². The van der Waals surface area contributed by atoms with E-state index in [2.05, 4.69) is 0 Å². The van der Waals surface area contributed by atoms with Crippen LogP contribution in [0.4, 0.5) is 0 Å². The largest absolute Gasteiger partial charge is 0.807 e. The molecule has 0 N–H and O–H groups in total. The summed E-state index contributed by atoms with van der Waals surface area (Å²) in [6.45, 7) is 0. The van der Waals surface area contributed by atoms with E-state index in [1.165, 1.54) is 12.1 Å². The molecule has 0 spiro atoms. The molecule has 0 fully saturated rings. The monoisotopic (exact) mass is 232 g/mol. The maximum atomic E-state index is 10.8. The van der Waals surface area contributed by atoms with Gasteiger partial charge in [0.25, 0.3) is 0 Å². The summed E-state index contributed by atoms with van der Waals surface area (Å²) in [5, 5.41) is -0.174. The average Bonchev–Trinajstić information content (AvgIpc) is 2.29. The third-order valence-corrected chi connectivity index (χ3v) is 3.22. The summed E-state index contributed by atoms with van der Waals surface area (Å²) in [5.41, 5.74) is 1.87. The van der Waals surface area contributed by atoms with Gasteiger partial charge in [-0.1, -0.05) is 54.6 Å². The lowest BCUT2D eigenvalue weighted by molar-refractivity contribution is -0.307. The van der Waals surface area contributed by atoms with E-state index >= 15 is 0 Å². The summed E-state index contributed by atoms with van der Waals surface area (Å²) in [7, 11) is -4.63. The molecule has 0 bridgehead atoms. The second-order valence-electron chi connectivity index (χ2n) is 3.41. The smallest absolute Gasteiger partial charge is 0.0156 e. The van der Waals surface area contributed by atoms with Crippen molar-refractivity contribution >= 4 is 12.9 Å². The van der Waals surface area contributed by atoms with Crippen molar-refractivity contribution in [2.45, 2.75) is 0 Å². The Morgan fingerprint density at radius 2 is 1.25 bits per heavy atom. The molecule has 0 aromatic heterocycles. The van der Waals surface area contributed by atoms with Gasteiger partial charge in [-0.2, -0.15) is 0 Å². The van der Waals surface area contributed by atoms with Crippen LogP contribution in [-0.4, -0.2) is 0 Å². The van der Waals surface area contributed by atoms with Crippen molar-refractivity contribution in [1.82, 2.24) is 0 Å². The van der Waals surface area contributed by atoms with E-state index in [4.69, 9.17) is 0 Å². The minimum Gasteiger partial charge on any atom is -0.807 e. The molecule has 0 saturated carbocycles. The third kappa shape index (κ3) is 2.39. The minimum atomic E-state index is -4.63. The standard InChI is InChI=1S/C12H11O3P/c13-16(14,15)12-8-6-11(7-9-12)10-4-2-1-3-5-10/h1-9H,(H2,13,14,15)/p-2. The molecule has 3 nitrogen and oxygen atoms in total. The second kappa shape index (κ2) is 4.22. The molecule has 0 amide bonds. The van der Waals surface area contributed by atoms with Gasteiger partial charge >= 0.3 is 0 Å². The predicted molar refractivity (Wildman–Crippen MR) is 59.1 cm³/mol. The second-order valence-corrected chi connectivity index (χ2v) is 4.92. The van der Waals surface area contributed by atoms with Crippen molar-refractivity contribution in [3.63, 3.8) is 0 Å². The first kappa shape index (κ1) is 11.1. The fraction of sp³-hybridized carbons (Fsp3) is 0. The molecule has 0 aliphatic rings. The van der Waals surface area contributed by atoms with Gasteiger partial charge in [-0.3, -0.25) is 0 Å². The highest BCUT2D eigenvalue weighted by Gasteiger charge is 1.99. The van der Waals surface area contributed by atoms with Crippen LogP contribution in [0.3, 0.4) is 0 Å². The Morgan fingerprint density at radius 1 is 0.750 bits per heavy atom. The molecule has 0 aliphatic heterocycles. The molecule has 0 atom stereocenters. The zero-order valence-electron chi connectivity index (χ0n) is 8.37. The summed E-state index contributed by atoms with van der Waals surface area (Å²) in [4.78, 5) is 21.5. The Bertz CT molecular complexity index is 514. The maximum Gasteiger partial charge on any atom is -0.0156 e. The lowest BCUT2D eigenvalue weighted by Crippen LogP contribution is -2.24. The van der Waals surface area contributed by atoms with Crippen molar-refractivity contribution in [2.75, 3.05) is 0 Å². The van der Waals surface area contributed by atoms with Gasteiger partial charge < -0.3 is 14.4 Å². The summed E-state index contributed by atoms with van der Waals surface area (Å²) in [5.74, 6) is 0. The first-order valence-corrected chi connectivity index (χ1v) is 6.30. The Hall–Kier alpha value is -1.41. The SMILES string of the molecule is O=P([O-])([O-])c1ccc(-c2ccccc2)cc1. The van der Waals surface area contributed by atoms with Crippen LogP contribution in [0.2, 0.25) is 0 Å². The quantitative estimate of drug-likeness (QED) is 0.722. The predicted octanol–water partition coefficient (Wildman–Crippen LogP) is 0.893. The molecule has 0 aliphatic carbocycles. The van der Waals surface area contributed by atoms with Gasteiger partial charge in [-0.05, 0) is 24.0 Å². The van der Waals surface area contributed by atoms with Gasteiger partial charge in [0.1, 0.15) is 0 Å². The van der Waals surface area contributed by atoms with Crippen molar-refractivity contribution in [1.29, 1.82) is 0 Å². The molecule has 2 aromatic rings. The van der Waals surface area contributed by atoms with E-state index in [0.29, 0.717) is 0 Å². The Balaban J connectivity index is 2.38. The molecule has 0 saturated heterocycles. The highest BCUT2D eigenvalue weighted by atomic mass is 31.2. The van der Waals surface area contributed by atoms with Crippen LogP contribution in [0, 0.1) is 0 Å². The summed E-state index contributed by atoms with van der Waals surface area (Å²) in [6.07, 6.45) is 0. The van der Waals surface area contributed by atoms with Crippen LogP contribution >= 0.6 is 7.60 Å². The van der Waals surface area contributed by atoms with Crippen LogP contribution < -0.4 is 15.1 Å². The van der Waals surface area contributed by atoms with Gasteiger partial charge in [0.05, 0.1) is 0 Å². The Labute approximate surface area is 93.5 Å². The van der Waals surface area contributed by atoms with Gasteiger partial charge in [0.2, 0.25) is 0 Å². The Kier molecular flexibility index (Phi) is 2.92. The normalized spacial score (nSPS) is 11.4. The number of benzene rings is 2. The lowest BCUT2D eigenvalue weighted by Gasteiger charge is -2.29. The fourth-order valence-corrected chi connectivity index (χ4v) is 1.98. The number of hydrogen-bond donors (Lipinski definition) is 0. The van der Waals surface area contributed by atoms with E-state index in [-0.39, 0.29) is 5.30 Å². The van der Waals surface area contributed by atoms with E-state index in [1.807, 2.05) is 30.3 Å². The fourth-order valence-electron chi connectivity index (χ4n) is 1.47. The molecule has 0 unspecified atom stereocenters. The van der Waals surface area contributed by atoms with Crippen LogP contribution in [0.5, 0.6) is 0 Å². The van der Waals surface area contributed by atoms with Crippen LogP contribution in [0.25, 0.3) is 11.1 Å².